The highest BCUT2D eigenvalue weighted by Gasteiger charge is 2.31. The molecule has 3 N–H and O–H groups in total. The molecule has 0 bridgehead atoms. The molecular weight excluding hydrogens is 250 g/mol. The normalized spacial score (nSPS) is 12.7. The summed E-state index contributed by atoms with van der Waals surface area (Å²) in [5.41, 5.74) is 0.878. The van der Waals surface area contributed by atoms with Gasteiger partial charge in [-0.2, -0.15) is 13.2 Å². The summed E-state index contributed by atoms with van der Waals surface area (Å²) in [6.45, 7) is 2.18. The molecule has 1 rings (SSSR count). The summed E-state index contributed by atoms with van der Waals surface area (Å²) >= 11 is 0. The zero-order valence-electron chi connectivity index (χ0n) is 9.68. The predicted molar refractivity (Wildman–Crippen MR) is 60.4 cm³/mol. The molecule has 0 aliphatic rings. The van der Waals surface area contributed by atoms with Crippen LogP contribution in [0.4, 0.5) is 17.6 Å². The van der Waals surface area contributed by atoms with Crippen LogP contribution >= 0.6 is 0 Å². The molecule has 7 heteroatoms. The molecule has 1 aromatic rings. The Morgan fingerprint density at radius 3 is 2.56 bits per heavy atom. The average Bonchev–Trinajstić information content (AvgIpc) is 2.30. The van der Waals surface area contributed by atoms with Crippen LogP contribution < -0.4 is 11.3 Å². The van der Waals surface area contributed by atoms with E-state index in [0.29, 0.717) is 25.1 Å². The van der Waals surface area contributed by atoms with Gasteiger partial charge in [0.25, 0.3) is 0 Å². The summed E-state index contributed by atoms with van der Waals surface area (Å²) in [4.78, 5) is 3.89. The van der Waals surface area contributed by atoms with Gasteiger partial charge in [-0.05, 0) is 24.6 Å². The third-order valence-corrected chi connectivity index (χ3v) is 2.18. The molecule has 18 heavy (non-hydrogen) atoms. The summed E-state index contributed by atoms with van der Waals surface area (Å²) < 4.78 is 51.0. The van der Waals surface area contributed by atoms with Crippen molar-refractivity contribution in [3.63, 3.8) is 0 Å². The van der Waals surface area contributed by atoms with E-state index >= 15 is 0 Å². The van der Waals surface area contributed by atoms with Crippen LogP contribution in [0.15, 0.2) is 23.2 Å². The Morgan fingerprint density at radius 2 is 2.06 bits per heavy atom. The molecule has 1 aromatic carbocycles. The molecule has 0 aliphatic heterocycles. The van der Waals surface area contributed by atoms with Crippen LogP contribution in [0.2, 0.25) is 0 Å². The molecule has 0 unspecified atom stereocenters. The lowest BCUT2D eigenvalue weighted by Gasteiger charge is -2.11. The van der Waals surface area contributed by atoms with Gasteiger partial charge < -0.3 is 5.43 Å². The molecule has 100 valence electrons. The first-order valence-corrected chi connectivity index (χ1v) is 5.28. The molecule has 0 amide bonds. The first-order chi connectivity index (χ1) is 8.40. The van der Waals surface area contributed by atoms with E-state index in [2.05, 4.69) is 10.4 Å². The first kappa shape index (κ1) is 14.4. The second-order valence-corrected chi connectivity index (χ2v) is 3.57. The van der Waals surface area contributed by atoms with Gasteiger partial charge in [0, 0.05) is 6.54 Å². The fourth-order valence-electron chi connectivity index (χ4n) is 1.32. The highest BCUT2D eigenvalue weighted by atomic mass is 19.4. The van der Waals surface area contributed by atoms with Gasteiger partial charge in [0.15, 0.2) is 0 Å². The maximum atomic E-state index is 13.5. The number of amidine groups is 1. The maximum absolute atomic E-state index is 13.5. The number of aliphatic imine (C=N–C) groups is 1. The van der Waals surface area contributed by atoms with Crippen molar-refractivity contribution >= 4 is 5.84 Å². The van der Waals surface area contributed by atoms with Crippen molar-refractivity contribution in [3.05, 3.63) is 35.1 Å². The summed E-state index contributed by atoms with van der Waals surface area (Å²) in [6, 6.07) is 2.10. The lowest BCUT2D eigenvalue weighted by molar-refractivity contribution is -0.137. The van der Waals surface area contributed by atoms with Crippen LogP contribution in [0.5, 0.6) is 0 Å². The number of hydrogen-bond donors (Lipinski definition) is 2. The zero-order valence-corrected chi connectivity index (χ0v) is 9.68. The molecule has 0 saturated carbocycles. The van der Waals surface area contributed by atoms with E-state index in [-0.39, 0.29) is 11.4 Å². The molecule has 0 aliphatic carbocycles. The fraction of sp³-hybridized carbons (Fsp3) is 0.364. The molecule has 3 nitrogen and oxygen atoms in total. The van der Waals surface area contributed by atoms with Crippen LogP contribution in [-0.2, 0) is 6.18 Å². The Labute approximate surface area is 102 Å². The van der Waals surface area contributed by atoms with E-state index in [1.807, 2.05) is 6.92 Å². The van der Waals surface area contributed by atoms with Crippen molar-refractivity contribution in [2.45, 2.75) is 19.5 Å². The van der Waals surface area contributed by atoms with Gasteiger partial charge in [0.1, 0.15) is 11.7 Å². The van der Waals surface area contributed by atoms with E-state index in [4.69, 9.17) is 5.84 Å². The number of nitrogens with one attached hydrogen (secondary N) is 1. The van der Waals surface area contributed by atoms with Gasteiger partial charge in [0.2, 0.25) is 0 Å². The Morgan fingerprint density at radius 1 is 1.39 bits per heavy atom. The second-order valence-electron chi connectivity index (χ2n) is 3.57. The fourth-order valence-corrected chi connectivity index (χ4v) is 1.32. The third kappa shape index (κ3) is 3.43. The van der Waals surface area contributed by atoms with Crippen molar-refractivity contribution < 1.29 is 17.6 Å². The second kappa shape index (κ2) is 5.81. The van der Waals surface area contributed by atoms with Gasteiger partial charge in [-0.3, -0.25) is 4.99 Å². The van der Waals surface area contributed by atoms with Crippen LogP contribution in [-0.4, -0.2) is 12.4 Å². The quantitative estimate of drug-likeness (QED) is 0.289. The van der Waals surface area contributed by atoms with Gasteiger partial charge in [-0.15, -0.1) is 0 Å². The topological polar surface area (TPSA) is 50.4 Å². The summed E-state index contributed by atoms with van der Waals surface area (Å²) in [6.07, 6.45) is -3.86. The van der Waals surface area contributed by atoms with E-state index in [1.165, 1.54) is 0 Å². The van der Waals surface area contributed by atoms with Crippen molar-refractivity contribution in [1.29, 1.82) is 0 Å². The highest BCUT2D eigenvalue weighted by Crippen LogP contribution is 2.30. The largest absolute Gasteiger partial charge is 0.416 e. The zero-order chi connectivity index (χ0) is 13.8. The summed E-state index contributed by atoms with van der Waals surface area (Å²) in [5.74, 6) is 4.24. The van der Waals surface area contributed by atoms with Crippen molar-refractivity contribution in [1.82, 2.24) is 5.43 Å². The van der Waals surface area contributed by atoms with E-state index in [0.717, 1.165) is 6.07 Å². The number of nitrogens with zero attached hydrogens (tertiary/aromatic N) is 1. The predicted octanol–water partition coefficient (Wildman–Crippen LogP) is 2.46. The molecular formula is C11H13F4N3. The smallest absolute Gasteiger partial charge is 0.308 e. The lowest BCUT2D eigenvalue weighted by Crippen LogP contribution is -2.32. The number of alkyl halides is 3. The molecule has 0 atom stereocenters. The summed E-state index contributed by atoms with van der Waals surface area (Å²) in [7, 11) is 0. The number of benzene rings is 1. The highest BCUT2D eigenvalue weighted by molar-refractivity contribution is 5.98. The summed E-state index contributed by atoms with van der Waals surface area (Å²) in [5, 5.41) is 0. The third-order valence-electron chi connectivity index (χ3n) is 2.18. The molecule has 0 fully saturated rings. The van der Waals surface area contributed by atoms with Gasteiger partial charge in [-0.25, -0.2) is 10.2 Å². The van der Waals surface area contributed by atoms with Crippen LogP contribution in [0.3, 0.4) is 0 Å². The Balaban J connectivity index is 3.21. The molecule has 0 saturated heterocycles. The first-order valence-electron chi connectivity index (χ1n) is 5.28. The van der Waals surface area contributed by atoms with Crippen molar-refractivity contribution in [2.24, 2.45) is 10.8 Å². The number of rotatable bonds is 3. The minimum atomic E-state index is -4.53. The Hall–Kier alpha value is -1.63. The minimum absolute atomic E-state index is 0.0968. The van der Waals surface area contributed by atoms with E-state index in [1.54, 1.807) is 0 Å². The molecule has 0 aromatic heterocycles. The SMILES string of the molecule is CCCN=C(NN)c1cc(C(F)(F)F)ccc1F. The minimum Gasteiger partial charge on any atom is -0.308 e. The number of halogens is 4. The number of nitrogens with two attached hydrogens (primary N) is 1. The maximum Gasteiger partial charge on any atom is 0.416 e. The Kier molecular flexibility index (Phi) is 4.66. The standard InChI is InChI=1S/C11H13F4N3/c1-2-5-17-10(18-16)8-6-7(11(13,14)15)3-4-9(8)12/h3-4,6H,2,5,16H2,1H3,(H,17,18). The van der Waals surface area contributed by atoms with Crippen molar-refractivity contribution in [3.8, 4) is 0 Å². The molecule has 0 radical (unpaired) electrons. The number of hydrazine groups is 1. The van der Waals surface area contributed by atoms with Gasteiger partial charge in [-0.1, -0.05) is 6.92 Å². The van der Waals surface area contributed by atoms with Crippen LogP contribution in [0, 0.1) is 5.82 Å². The van der Waals surface area contributed by atoms with Gasteiger partial charge >= 0.3 is 6.18 Å². The Bertz CT molecular complexity index is 440. The van der Waals surface area contributed by atoms with Crippen LogP contribution in [0.1, 0.15) is 24.5 Å². The molecule has 0 spiro atoms. The molecule has 0 heterocycles. The number of hydrogen-bond acceptors (Lipinski definition) is 2. The average molecular weight is 263 g/mol. The van der Waals surface area contributed by atoms with Gasteiger partial charge in [0.05, 0.1) is 11.1 Å². The lowest BCUT2D eigenvalue weighted by atomic mass is 10.1. The van der Waals surface area contributed by atoms with E-state index < -0.39 is 17.6 Å². The van der Waals surface area contributed by atoms with E-state index in [9.17, 15) is 17.6 Å². The van der Waals surface area contributed by atoms with Crippen molar-refractivity contribution in [2.75, 3.05) is 6.54 Å². The van der Waals surface area contributed by atoms with Crippen LogP contribution in [0.25, 0.3) is 0 Å². The monoisotopic (exact) mass is 263 g/mol.